The van der Waals surface area contributed by atoms with E-state index in [1.165, 1.54) is 6.20 Å². The minimum Gasteiger partial charge on any atom is -0.350 e. The lowest BCUT2D eigenvalue weighted by molar-refractivity contribution is 0.241. The van der Waals surface area contributed by atoms with Gasteiger partial charge in [-0.05, 0) is 31.1 Å². The molecular formula is C16H17ClN2O2S. The fraction of sp³-hybridized carbons (Fsp3) is 0.188. The van der Waals surface area contributed by atoms with Crippen LogP contribution in [0, 0.1) is 0 Å². The third-order valence-corrected chi connectivity index (χ3v) is 4.74. The molecule has 1 aromatic rings. The van der Waals surface area contributed by atoms with Crippen molar-refractivity contribution in [2.45, 2.75) is 18.2 Å². The number of halogens is 1. The Morgan fingerprint density at radius 2 is 2.09 bits per heavy atom. The van der Waals surface area contributed by atoms with Crippen molar-refractivity contribution in [2.24, 2.45) is 5.73 Å². The third kappa shape index (κ3) is 4.32. The molecule has 0 radical (unpaired) electrons. The summed E-state index contributed by atoms with van der Waals surface area (Å²) in [6.45, 7) is 1.86. The lowest BCUT2D eigenvalue weighted by Gasteiger charge is -2.22. The normalized spacial score (nSPS) is 22.4. The highest BCUT2D eigenvalue weighted by Gasteiger charge is 2.24. The van der Waals surface area contributed by atoms with Crippen LogP contribution in [-0.4, -0.2) is 19.4 Å². The molecule has 0 spiro atoms. The Labute approximate surface area is 137 Å². The van der Waals surface area contributed by atoms with E-state index in [9.17, 15) is 9.00 Å². The zero-order valence-electron chi connectivity index (χ0n) is 12.1. The van der Waals surface area contributed by atoms with E-state index in [0.29, 0.717) is 11.3 Å². The lowest BCUT2D eigenvalue weighted by atomic mass is 10.0. The summed E-state index contributed by atoms with van der Waals surface area (Å²) in [5.74, 6) is 0. The monoisotopic (exact) mass is 336 g/mol. The van der Waals surface area contributed by atoms with E-state index in [-0.39, 0.29) is 0 Å². The van der Waals surface area contributed by atoms with Crippen LogP contribution >= 0.6 is 11.6 Å². The van der Waals surface area contributed by atoms with E-state index in [1.54, 1.807) is 24.3 Å². The van der Waals surface area contributed by atoms with Crippen LogP contribution in [0.15, 0.2) is 59.7 Å². The smallest absolute Gasteiger partial charge is 0.331 e. The molecule has 0 saturated heterocycles. The van der Waals surface area contributed by atoms with Crippen LogP contribution in [0.5, 0.6) is 0 Å². The summed E-state index contributed by atoms with van der Waals surface area (Å²) in [4.78, 5) is 11.6. The Morgan fingerprint density at radius 3 is 2.64 bits per heavy atom. The molecule has 2 unspecified atom stereocenters. The standard InChI is InChI=1S/C16H17ClN2O2S/c1-16(17)10-7-14(8-11-16)22(21)19(15(18)20)12-9-13-5-3-2-4-6-13/h2-10,12H,11H2,1H3,(H2,18,20). The molecule has 2 amide bonds. The minimum absolute atomic E-state index is 0.481. The van der Waals surface area contributed by atoms with Crippen LogP contribution in [0.2, 0.25) is 0 Å². The van der Waals surface area contributed by atoms with E-state index in [0.717, 1.165) is 9.87 Å². The van der Waals surface area contributed by atoms with Crippen molar-refractivity contribution in [3.8, 4) is 0 Å². The summed E-state index contributed by atoms with van der Waals surface area (Å²) < 4.78 is 13.5. The molecule has 2 atom stereocenters. The Balaban J connectivity index is 2.17. The lowest BCUT2D eigenvalue weighted by Crippen LogP contribution is -2.33. The molecule has 116 valence electrons. The molecule has 2 N–H and O–H groups in total. The summed E-state index contributed by atoms with van der Waals surface area (Å²) in [6.07, 6.45) is 8.84. The molecule has 1 aromatic carbocycles. The number of carbonyl (C=O) groups is 1. The number of alkyl halides is 1. The van der Waals surface area contributed by atoms with Gasteiger partial charge in [0.1, 0.15) is 0 Å². The summed E-state index contributed by atoms with van der Waals surface area (Å²) in [6, 6.07) is 8.60. The number of hydrogen-bond acceptors (Lipinski definition) is 2. The molecule has 1 aliphatic rings. The fourth-order valence-electron chi connectivity index (χ4n) is 1.86. The molecular weight excluding hydrogens is 320 g/mol. The van der Waals surface area contributed by atoms with Crippen molar-refractivity contribution in [1.82, 2.24) is 4.31 Å². The van der Waals surface area contributed by atoms with Gasteiger partial charge in [0.25, 0.3) is 0 Å². The molecule has 6 heteroatoms. The van der Waals surface area contributed by atoms with Crippen molar-refractivity contribution in [3.05, 3.63) is 65.2 Å². The predicted molar refractivity (Wildman–Crippen MR) is 91.1 cm³/mol. The van der Waals surface area contributed by atoms with Gasteiger partial charge >= 0.3 is 6.03 Å². The number of amides is 2. The topological polar surface area (TPSA) is 63.4 Å². The zero-order valence-corrected chi connectivity index (χ0v) is 13.7. The van der Waals surface area contributed by atoms with E-state index in [2.05, 4.69) is 0 Å². The maximum atomic E-state index is 12.5. The summed E-state index contributed by atoms with van der Waals surface area (Å²) >= 11 is 6.18. The maximum absolute atomic E-state index is 12.5. The van der Waals surface area contributed by atoms with Gasteiger partial charge in [0.05, 0.1) is 9.78 Å². The zero-order chi connectivity index (χ0) is 16.2. The predicted octanol–water partition coefficient (Wildman–Crippen LogP) is 3.54. The first-order chi connectivity index (χ1) is 10.4. The van der Waals surface area contributed by atoms with Gasteiger partial charge in [-0.15, -0.1) is 11.6 Å². The number of benzene rings is 1. The molecule has 4 nitrogen and oxygen atoms in total. The molecule has 0 aromatic heterocycles. The first kappa shape index (κ1) is 16.5. The molecule has 0 heterocycles. The van der Waals surface area contributed by atoms with E-state index in [1.807, 2.05) is 37.3 Å². The third-order valence-electron chi connectivity index (χ3n) is 3.10. The molecule has 1 aliphatic carbocycles. The van der Waals surface area contributed by atoms with Gasteiger partial charge in [-0.1, -0.05) is 42.5 Å². The molecule has 0 saturated carbocycles. The van der Waals surface area contributed by atoms with Gasteiger partial charge in [0.2, 0.25) is 0 Å². The van der Waals surface area contributed by atoms with Crippen molar-refractivity contribution in [2.75, 3.05) is 0 Å². The molecule has 0 fully saturated rings. The van der Waals surface area contributed by atoms with E-state index >= 15 is 0 Å². The number of nitrogens with two attached hydrogens (primary N) is 1. The van der Waals surface area contributed by atoms with Crippen LogP contribution in [0.3, 0.4) is 0 Å². The maximum Gasteiger partial charge on any atom is 0.331 e. The van der Waals surface area contributed by atoms with Crippen LogP contribution in [0.4, 0.5) is 4.79 Å². The molecule has 0 aliphatic heterocycles. The van der Waals surface area contributed by atoms with Crippen LogP contribution in [-0.2, 0) is 11.0 Å². The van der Waals surface area contributed by atoms with Crippen LogP contribution in [0.1, 0.15) is 18.9 Å². The Morgan fingerprint density at radius 1 is 1.41 bits per heavy atom. The van der Waals surface area contributed by atoms with Gasteiger partial charge in [-0.3, -0.25) is 0 Å². The largest absolute Gasteiger partial charge is 0.350 e. The molecule has 2 rings (SSSR count). The Bertz CT molecular complexity index is 666. The summed E-state index contributed by atoms with van der Waals surface area (Å²) in [5, 5.41) is 0. The number of nitrogens with zero attached hydrogens (tertiary/aromatic N) is 1. The second-order valence-corrected chi connectivity index (χ2v) is 7.29. The van der Waals surface area contributed by atoms with Gasteiger partial charge in [0, 0.05) is 6.20 Å². The minimum atomic E-state index is -1.69. The van der Waals surface area contributed by atoms with Crippen molar-refractivity contribution in [1.29, 1.82) is 0 Å². The highest BCUT2D eigenvalue weighted by Crippen LogP contribution is 2.28. The number of rotatable bonds is 4. The SMILES string of the molecule is CC1(Cl)C=CC(S(=O)N(C=Cc2ccccc2)C(N)=O)=CC1. The van der Waals surface area contributed by atoms with Gasteiger partial charge in [-0.25, -0.2) is 13.3 Å². The first-order valence-corrected chi connectivity index (χ1v) is 8.20. The van der Waals surface area contributed by atoms with Crippen LogP contribution < -0.4 is 5.73 Å². The molecule has 0 bridgehead atoms. The summed E-state index contributed by atoms with van der Waals surface area (Å²) in [7, 11) is -1.69. The van der Waals surface area contributed by atoms with Crippen molar-refractivity contribution < 1.29 is 9.00 Å². The summed E-state index contributed by atoms with van der Waals surface area (Å²) in [5.41, 5.74) is 6.21. The first-order valence-electron chi connectivity index (χ1n) is 6.71. The average molecular weight is 337 g/mol. The second kappa shape index (κ2) is 6.94. The van der Waals surface area contributed by atoms with Gasteiger partial charge < -0.3 is 5.73 Å². The molecule has 22 heavy (non-hydrogen) atoms. The van der Waals surface area contributed by atoms with E-state index < -0.39 is 21.9 Å². The van der Waals surface area contributed by atoms with E-state index in [4.69, 9.17) is 17.3 Å². The average Bonchev–Trinajstić information content (AvgIpc) is 2.48. The Hall–Kier alpha value is -1.85. The number of allylic oxidation sites excluding steroid dienone is 3. The van der Waals surface area contributed by atoms with Gasteiger partial charge in [0.15, 0.2) is 11.0 Å². The Kier molecular flexibility index (Phi) is 5.21. The fourth-order valence-corrected chi connectivity index (χ4v) is 2.98. The second-order valence-electron chi connectivity index (χ2n) is 5.06. The van der Waals surface area contributed by atoms with Gasteiger partial charge in [-0.2, -0.15) is 0 Å². The quantitative estimate of drug-likeness (QED) is 0.855. The number of carbonyl (C=O) groups excluding carboxylic acids is 1. The number of hydrogen-bond donors (Lipinski definition) is 1. The number of primary amides is 1. The van der Waals surface area contributed by atoms with Crippen LogP contribution in [0.25, 0.3) is 6.08 Å². The van der Waals surface area contributed by atoms with Crippen molar-refractivity contribution >= 4 is 34.7 Å². The number of urea groups is 1. The van der Waals surface area contributed by atoms with Crippen molar-refractivity contribution in [3.63, 3.8) is 0 Å². The highest BCUT2D eigenvalue weighted by atomic mass is 35.5. The highest BCUT2D eigenvalue weighted by molar-refractivity contribution is 7.87.